The first kappa shape index (κ1) is 22.8. The van der Waals surface area contributed by atoms with Gasteiger partial charge in [0, 0.05) is 52.8 Å². The largest absolute Gasteiger partial charge is 0.422 e. The molecule has 0 aliphatic carbocycles. The number of hydrogen-bond acceptors (Lipinski definition) is 5. The normalized spacial score (nSPS) is 11.4. The quantitative estimate of drug-likeness (QED) is 0.240. The van der Waals surface area contributed by atoms with E-state index < -0.39 is 11.3 Å². The van der Waals surface area contributed by atoms with Crippen LogP contribution in [0, 0.1) is 0 Å². The second kappa shape index (κ2) is 9.10. The zero-order valence-corrected chi connectivity index (χ0v) is 20.7. The monoisotopic (exact) mass is 487 g/mol. The van der Waals surface area contributed by atoms with Crippen molar-refractivity contribution in [2.45, 2.75) is 13.8 Å². The molecule has 5 heteroatoms. The number of anilines is 1. The zero-order valence-electron chi connectivity index (χ0n) is 20.7. The number of nitrogens with zero attached hydrogens (tertiary/aromatic N) is 1. The summed E-state index contributed by atoms with van der Waals surface area (Å²) in [7, 11) is 0. The van der Waals surface area contributed by atoms with Crippen molar-refractivity contribution in [3.05, 3.63) is 112 Å². The Balaban J connectivity index is 1.58. The lowest BCUT2D eigenvalue weighted by molar-refractivity contribution is 0.556. The van der Waals surface area contributed by atoms with E-state index in [0.29, 0.717) is 22.3 Å². The Kier molecular flexibility index (Phi) is 5.61. The van der Waals surface area contributed by atoms with Gasteiger partial charge in [0.1, 0.15) is 11.2 Å². The van der Waals surface area contributed by atoms with Crippen molar-refractivity contribution in [1.29, 1.82) is 0 Å². The minimum atomic E-state index is -0.477. The number of fused-ring (bicyclic) bond motifs is 3. The summed E-state index contributed by atoms with van der Waals surface area (Å²) in [6, 6.07) is 28.9. The molecule has 5 nitrogen and oxygen atoms in total. The fourth-order valence-corrected chi connectivity index (χ4v) is 5.15. The Morgan fingerprint density at radius 3 is 2.19 bits per heavy atom. The highest BCUT2D eigenvalue weighted by molar-refractivity contribution is 6.07. The first-order chi connectivity index (χ1) is 18.1. The fraction of sp³-hybridized carbons (Fsp3) is 0.125. The number of benzene rings is 4. The van der Waals surface area contributed by atoms with E-state index in [4.69, 9.17) is 8.83 Å². The maximum absolute atomic E-state index is 13.2. The van der Waals surface area contributed by atoms with Crippen LogP contribution in [0.5, 0.6) is 0 Å². The molecule has 0 aliphatic heterocycles. The van der Waals surface area contributed by atoms with Gasteiger partial charge in [0.2, 0.25) is 0 Å². The summed E-state index contributed by atoms with van der Waals surface area (Å²) in [5.74, 6) is 0. The third kappa shape index (κ3) is 3.89. The highest BCUT2D eigenvalue weighted by atomic mass is 16.4. The summed E-state index contributed by atoms with van der Waals surface area (Å²) in [6.45, 7) is 5.90. The molecule has 37 heavy (non-hydrogen) atoms. The summed E-state index contributed by atoms with van der Waals surface area (Å²) in [4.78, 5) is 28.2. The standard InChI is InChI=1S/C32H25NO4/c1-3-33(4-2)22-16-15-21-17-28(32(35)36-29(21)18-22)26-14-8-13-25-27(19-30(34)37-31(25)26)24-12-7-10-20-9-5-6-11-23(20)24/h5-19H,3-4H2,1-2H3. The molecule has 0 N–H and O–H groups in total. The summed E-state index contributed by atoms with van der Waals surface area (Å²) >= 11 is 0. The lowest BCUT2D eigenvalue weighted by Crippen LogP contribution is -2.21. The third-order valence-corrected chi connectivity index (χ3v) is 6.99. The summed E-state index contributed by atoms with van der Waals surface area (Å²) in [5.41, 5.74) is 3.52. The Hall–Kier alpha value is -4.64. The highest BCUT2D eigenvalue weighted by Gasteiger charge is 2.17. The molecular weight excluding hydrogens is 462 g/mol. The molecule has 0 radical (unpaired) electrons. The molecule has 182 valence electrons. The number of hydrogen-bond donors (Lipinski definition) is 0. The van der Waals surface area contributed by atoms with Crippen LogP contribution in [0.2, 0.25) is 0 Å². The molecule has 0 aliphatic rings. The molecule has 6 aromatic rings. The molecule has 2 aromatic heterocycles. The van der Waals surface area contributed by atoms with Crippen molar-refractivity contribution >= 4 is 38.4 Å². The van der Waals surface area contributed by atoms with Crippen LogP contribution in [0.15, 0.2) is 109 Å². The van der Waals surface area contributed by atoms with Crippen LogP contribution < -0.4 is 16.2 Å². The highest BCUT2D eigenvalue weighted by Crippen LogP contribution is 2.36. The van der Waals surface area contributed by atoms with E-state index >= 15 is 0 Å². The van der Waals surface area contributed by atoms with Crippen molar-refractivity contribution in [3.63, 3.8) is 0 Å². The molecule has 0 saturated carbocycles. The van der Waals surface area contributed by atoms with Crippen LogP contribution in [0.3, 0.4) is 0 Å². The average molecular weight is 488 g/mol. The smallest absolute Gasteiger partial charge is 0.344 e. The Morgan fingerprint density at radius 1 is 0.622 bits per heavy atom. The van der Waals surface area contributed by atoms with Gasteiger partial charge < -0.3 is 13.7 Å². The van der Waals surface area contributed by atoms with Crippen LogP contribution in [0.4, 0.5) is 5.69 Å². The summed E-state index contributed by atoms with van der Waals surface area (Å²) in [5, 5.41) is 3.67. The molecule has 0 unspecified atom stereocenters. The average Bonchev–Trinajstić information content (AvgIpc) is 2.92. The SMILES string of the molecule is CCN(CC)c1ccc2cc(-c3cccc4c(-c5cccc6ccccc56)cc(=O)oc34)c(=O)oc2c1. The zero-order chi connectivity index (χ0) is 25.5. The van der Waals surface area contributed by atoms with Crippen LogP contribution in [0.1, 0.15) is 13.8 Å². The van der Waals surface area contributed by atoms with Gasteiger partial charge in [-0.2, -0.15) is 0 Å². The molecule has 2 heterocycles. The van der Waals surface area contributed by atoms with Crippen LogP contribution >= 0.6 is 0 Å². The van der Waals surface area contributed by atoms with E-state index in [0.717, 1.165) is 51.4 Å². The van der Waals surface area contributed by atoms with Gasteiger partial charge in [0.25, 0.3) is 0 Å². The molecule has 0 bridgehead atoms. The second-order valence-corrected chi connectivity index (χ2v) is 9.03. The molecule has 0 saturated heterocycles. The minimum Gasteiger partial charge on any atom is -0.422 e. The van der Waals surface area contributed by atoms with Gasteiger partial charge in [-0.05, 0) is 48.4 Å². The molecule has 6 rings (SSSR count). The predicted octanol–water partition coefficient (Wildman–Crippen LogP) is 7.23. The van der Waals surface area contributed by atoms with E-state index in [-0.39, 0.29) is 0 Å². The van der Waals surface area contributed by atoms with Gasteiger partial charge in [0.05, 0.1) is 5.56 Å². The Labute approximate surface area is 213 Å². The van der Waals surface area contributed by atoms with Crippen LogP contribution in [-0.4, -0.2) is 13.1 Å². The lowest BCUT2D eigenvalue weighted by Gasteiger charge is -2.21. The number of para-hydroxylation sites is 1. The molecule has 0 amide bonds. The molecule has 0 spiro atoms. The number of rotatable bonds is 5. The molecule has 0 atom stereocenters. The van der Waals surface area contributed by atoms with Gasteiger partial charge in [-0.15, -0.1) is 0 Å². The van der Waals surface area contributed by atoms with Crippen LogP contribution in [-0.2, 0) is 0 Å². The van der Waals surface area contributed by atoms with Gasteiger partial charge in [-0.25, -0.2) is 9.59 Å². The molecular formula is C32H25NO4. The van der Waals surface area contributed by atoms with E-state index in [1.807, 2.05) is 78.9 Å². The topological polar surface area (TPSA) is 63.7 Å². The van der Waals surface area contributed by atoms with Gasteiger partial charge in [-0.1, -0.05) is 60.7 Å². The first-order valence-electron chi connectivity index (χ1n) is 12.5. The van der Waals surface area contributed by atoms with E-state index in [1.165, 1.54) is 6.07 Å². The van der Waals surface area contributed by atoms with E-state index in [9.17, 15) is 9.59 Å². The third-order valence-electron chi connectivity index (χ3n) is 6.99. The summed E-state index contributed by atoms with van der Waals surface area (Å²) < 4.78 is 11.5. The van der Waals surface area contributed by atoms with Gasteiger partial charge >= 0.3 is 11.3 Å². The van der Waals surface area contributed by atoms with Crippen molar-refractivity contribution in [2.75, 3.05) is 18.0 Å². The Morgan fingerprint density at radius 2 is 1.35 bits per heavy atom. The first-order valence-corrected chi connectivity index (χ1v) is 12.5. The fourth-order valence-electron chi connectivity index (χ4n) is 5.15. The van der Waals surface area contributed by atoms with Crippen molar-refractivity contribution in [3.8, 4) is 22.3 Å². The van der Waals surface area contributed by atoms with Gasteiger partial charge in [-0.3, -0.25) is 0 Å². The molecule has 0 fully saturated rings. The summed E-state index contributed by atoms with van der Waals surface area (Å²) in [6.07, 6.45) is 0. The predicted molar refractivity (Wildman–Crippen MR) is 150 cm³/mol. The second-order valence-electron chi connectivity index (χ2n) is 9.03. The minimum absolute atomic E-state index is 0.354. The van der Waals surface area contributed by atoms with Crippen molar-refractivity contribution < 1.29 is 8.83 Å². The van der Waals surface area contributed by atoms with E-state index in [1.54, 1.807) is 6.07 Å². The van der Waals surface area contributed by atoms with Crippen LogP contribution in [0.25, 0.3) is 55.0 Å². The van der Waals surface area contributed by atoms with Crippen molar-refractivity contribution in [1.82, 2.24) is 0 Å². The maximum atomic E-state index is 13.2. The molecule has 4 aromatic carbocycles. The van der Waals surface area contributed by atoms with Gasteiger partial charge in [0.15, 0.2) is 0 Å². The Bertz CT molecular complexity index is 1910. The van der Waals surface area contributed by atoms with Crippen molar-refractivity contribution in [2.24, 2.45) is 0 Å². The maximum Gasteiger partial charge on any atom is 0.344 e. The van der Waals surface area contributed by atoms with E-state index in [2.05, 4.69) is 18.7 Å². The lowest BCUT2D eigenvalue weighted by atomic mass is 9.94.